The zero-order valence-electron chi connectivity index (χ0n) is 9.99. The Balaban J connectivity index is 2.47. The maximum atomic E-state index is 13.3. The fraction of sp³-hybridized carbons (Fsp3) is 0.385. The Labute approximate surface area is 114 Å². The zero-order chi connectivity index (χ0) is 13.2. The van der Waals surface area contributed by atoms with E-state index in [9.17, 15) is 9.50 Å². The minimum absolute atomic E-state index is 0.138. The van der Waals surface area contributed by atoms with Crippen molar-refractivity contribution in [3.63, 3.8) is 0 Å². The third kappa shape index (κ3) is 2.26. The Morgan fingerprint density at radius 1 is 1.50 bits per heavy atom. The molecule has 0 aliphatic heterocycles. The normalized spacial score (nSPS) is 16.7. The smallest absolute Gasteiger partial charge is 0.134 e. The van der Waals surface area contributed by atoms with Gasteiger partial charge < -0.3 is 10.4 Å². The van der Waals surface area contributed by atoms with Crippen LogP contribution in [-0.2, 0) is 5.60 Å². The molecular weight excluding hydrogens is 273 g/mol. The average molecular weight is 288 g/mol. The van der Waals surface area contributed by atoms with Gasteiger partial charge >= 0.3 is 0 Å². The first kappa shape index (κ1) is 13.7. The van der Waals surface area contributed by atoms with Gasteiger partial charge in [0.25, 0.3) is 0 Å². The third-order valence-corrected chi connectivity index (χ3v) is 4.43. The van der Waals surface area contributed by atoms with E-state index in [1.54, 1.807) is 24.5 Å². The van der Waals surface area contributed by atoms with Crippen LogP contribution in [0.5, 0.6) is 0 Å². The molecule has 2 atom stereocenters. The molecule has 98 valence electrons. The quantitative estimate of drug-likeness (QED) is 0.829. The fourth-order valence-corrected chi connectivity index (χ4v) is 3.28. The maximum absolute atomic E-state index is 13.3. The average Bonchev–Trinajstić information content (AvgIpc) is 2.86. The molecular formula is C13H15ClFNOS. The Morgan fingerprint density at radius 2 is 2.28 bits per heavy atom. The number of hydrogen-bond acceptors (Lipinski definition) is 3. The van der Waals surface area contributed by atoms with E-state index in [1.807, 2.05) is 23.6 Å². The molecule has 0 saturated carbocycles. The lowest BCUT2D eigenvalue weighted by atomic mass is 9.88. The molecule has 18 heavy (non-hydrogen) atoms. The molecule has 2 nitrogen and oxygen atoms in total. The Kier molecular flexibility index (Phi) is 4.22. The summed E-state index contributed by atoms with van der Waals surface area (Å²) >= 11 is 7.36. The van der Waals surface area contributed by atoms with Crippen molar-refractivity contribution in [3.8, 4) is 0 Å². The first-order valence-electron chi connectivity index (χ1n) is 5.65. The van der Waals surface area contributed by atoms with Crippen LogP contribution in [0, 0.1) is 0 Å². The van der Waals surface area contributed by atoms with E-state index in [0.717, 1.165) is 10.1 Å². The van der Waals surface area contributed by atoms with E-state index in [-0.39, 0.29) is 5.88 Å². The van der Waals surface area contributed by atoms with Crippen molar-refractivity contribution in [3.05, 3.63) is 35.2 Å². The van der Waals surface area contributed by atoms with Gasteiger partial charge in [0.15, 0.2) is 0 Å². The monoisotopic (exact) mass is 287 g/mol. The van der Waals surface area contributed by atoms with E-state index >= 15 is 0 Å². The molecule has 0 spiro atoms. The van der Waals surface area contributed by atoms with Crippen LogP contribution in [0.1, 0.15) is 5.56 Å². The molecule has 0 amide bonds. The van der Waals surface area contributed by atoms with Gasteiger partial charge in [-0.3, -0.25) is 0 Å². The number of fused-ring (bicyclic) bond motifs is 1. The summed E-state index contributed by atoms with van der Waals surface area (Å²) in [6.45, 7) is -0.873. The van der Waals surface area contributed by atoms with E-state index in [4.69, 9.17) is 11.6 Å². The number of nitrogens with one attached hydrogen (secondary N) is 1. The molecule has 1 aromatic carbocycles. The van der Waals surface area contributed by atoms with Crippen molar-refractivity contribution in [1.82, 2.24) is 5.32 Å². The van der Waals surface area contributed by atoms with Crippen LogP contribution < -0.4 is 5.32 Å². The maximum Gasteiger partial charge on any atom is 0.134 e. The van der Waals surface area contributed by atoms with E-state index in [1.165, 1.54) is 0 Å². The summed E-state index contributed by atoms with van der Waals surface area (Å²) in [4.78, 5) is 0. The topological polar surface area (TPSA) is 32.3 Å². The van der Waals surface area contributed by atoms with Gasteiger partial charge in [0.2, 0.25) is 0 Å². The minimum Gasteiger partial charge on any atom is -0.381 e. The Bertz CT molecular complexity index is 528. The van der Waals surface area contributed by atoms with Gasteiger partial charge in [0.05, 0.1) is 6.04 Å². The summed E-state index contributed by atoms with van der Waals surface area (Å²) in [5.41, 5.74) is -1.03. The lowest BCUT2D eigenvalue weighted by Crippen LogP contribution is -2.50. The van der Waals surface area contributed by atoms with Crippen molar-refractivity contribution in [2.45, 2.75) is 11.6 Å². The van der Waals surface area contributed by atoms with Crippen LogP contribution in [0.25, 0.3) is 10.1 Å². The summed E-state index contributed by atoms with van der Waals surface area (Å²) in [6.07, 6.45) is 0. The predicted octanol–water partition coefficient (Wildman–Crippen LogP) is 2.89. The molecule has 0 fully saturated rings. The number of hydrogen-bond donors (Lipinski definition) is 2. The van der Waals surface area contributed by atoms with Crippen LogP contribution in [0.15, 0.2) is 29.6 Å². The highest BCUT2D eigenvalue weighted by atomic mass is 35.5. The number of rotatable bonds is 5. The highest BCUT2D eigenvalue weighted by molar-refractivity contribution is 7.17. The van der Waals surface area contributed by atoms with Crippen LogP contribution >= 0.6 is 22.9 Å². The standard InChI is InChI=1S/C13H15ClFNOS/c1-16-12(7-14)13(17,8-15)10-3-2-9-4-5-18-11(9)6-10/h2-6,12,16-17H,7-8H2,1H3. The van der Waals surface area contributed by atoms with Crippen molar-refractivity contribution in [2.24, 2.45) is 0 Å². The second kappa shape index (κ2) is 5.53. The van der Waals surface area contributed by atoms with E-state index in [0.29, 0.717) is 5.56 Å². The minimum atomic E-state index is -1.59. The molecule has 0 aliphatic carbocycles. The van der Waals surface area contributed by atoms with E-state index in [2.05, 4.69) is 5.32 Å². The molecule has 2 aromatic rings. The lowest BCUT2D eigenvalue weighted by molar-refractivity contribution is -0.0162. The molecule has 2 rings (SSSR count). The van der Waals surface area contributed by atoms with Crippen LogP contribution in [0.3, 0.4) is 0 Å². The lowest BCUT2D eigenvalue weighted by Gasteiger charge is -2.33. The number of halogens is 2. The van der Waals surface area contributed by atoms with Crippen molar-refractivity contribution in [1.29, 1.82) is 0 Å². The van der Waals surface area contributed by atoms with Crippen molar-refractivity contribution < 1.29 is 9.50 Å². The molecule has 2 N–H and O–H groups in total. The van der Waals surface area contributed by atoms with E-state index < -0.39 is 18.3 Å². The van der Waals surface area contributed by atoms with Gasteiger partial charge in [-0.2, -0.15) is 0 Å². The predicted molar refractivity (Wildman–Crippen MR) is 75.3 cm³/mol. The van der Waals surface area contributed by atoms with Crippen LogP contribution in [-0.4, -0.2) is 30.8 Å². The second-order valence-electron chi connectivity index (χ2n) is 4.23. The second-order valence-corrected chi connectivity index (χ2v) is 5.48. The summed E-state index contributed by atoms with van der Waals surface area (Å²) in [6, 6.07) is 6.95. The summed E-state index contributed by atoms with van der Waals surface area (Å²) in [7, 11) is 1.66. The van der Waals surface area contributed by atoms with Gasteiger partial charge in [-0.05, 0) is 35.5 Å². The van der Waals surface area contributed by atoms with Crippen molar-refractivity contribution in [2.75, 3.05) is 19.6 Å². The molecule has 1 heterocycles. The molecule has 2 unspecified atom stereocenters. The largest absolute Gasteiger partial charge is 0.381 e. The fourth-order valence-electron chi connectivity index (χ4n) is 2.04. The van der Waals surface area contributed by atoms with Gasteiger partial charge in [0, 0.05) is 10.6 Å². The molecule has 0 radical (unpaired) electrons. The Hall–Kier alpha value is -0.680. The number of aliphatic hydroxyl groups is 1. The number of likely N-dealkylation sites (N-methyl/N-ethyl adjacent to an activating group) is 1. The highest BCUT2D eigenvalue weighted by Crippen LogP contribution is 2.31. The van der Waals surface area contributed by atoms with Gasteiger partial charge in [-0.25, -0.2) is 4.39 Å². The summed E-state index contributed by atoms with van der Waals surface area (Å²) < 4.78 is 14.4. The molecule has 0 bridgehead atoms. The number of thiophene rings is 1. The molecule has 0 aliphatic rings. The summed E-state index contributed by atoms with van der Waals surface area (Å²) in [5.74, 6) is 0.138. The van der Waals surface area contributed by atoms with Crippen LogP contribution in [0.2, 0.25) is 0 Å². The number of alkyl halides is 2. The first-order valence-corrected chi connectivity index (χ1v) is 7.06. The highest BCUT2D eigenvalue weighted by Gasteiger charge is 2.37. The molecule has 0 saturated heterocycles. The third-order valence-electron chi connectivity index (χ3n) is 3.24. The van der Waals surface area contributed by atoms with Crippen molar-refractivity contribution >= 4 is 33.0 Å². The summed E-state index contributed by atoms with van der Waals surface area (Å²) in [5, 5.41) is 16.5. The zero-order valence-corrected chi connectivity index (χ0v) is 11.6. The molecule has 1 aromatic heterocycles. The molecule has 5 heteroatoms. The van der Waals surface area contributed by atoms with Gasteiger partial charge in [-0.15, -0.1) is 22.9 Å². The SMILES string of the molecule is CNC(CCl)C(O)(CF)c1ccc2ccsc2c1. The Morgan fingerprint density at radius 3 is 2.89 bits per heavy atom. The first-order chi connectivity index (χ1) is 8.65. The van der Waals surface area contributed by atoms with Gasteiger partial charge in [-0.1, -0.05) is 12.1 Å². The number of benzene rings is 1. The van der Waals surface area contributed by atoms with Gasteiger partial charge in [0.1, 0.15) is 12.3 Å². The van der Waals surface area contributed by atoms with Crippen LogP contribution in [0.4, 0.5) is 4.39 Å².